The maximum Gasteiger partial charge on any atom is 0.244 e. The van der Waals surface area contributed by atoms with Crippen LogP contribution < -0.4 is 5.32 Å². The molecule has 0 fully saturated rings. The smallest absolute Gasteiger partial charge is 0.244 e. The van der Waals surface area contributed by atoms with Gasteiger partial charge in [-0.1, -0.05) is 30.3 Å². The quantitative estimate of drug-likeness (QED) is 0.838. The summed E-state index contributed by atoms with van der Waals surface area (Å²) in [6, 6.07) is 14.0. The molecule has 1 amide bonds. The van der Waals surface area contributed by atoms with Crippen molar-refractivity contribution in [2.24, 2.45) is 0 Å². The van der Waals surface area contributed by atoms with E-state index < -0.39 is 0 Å². The van der Waals surface area contributed by atoms with Crippen LogP contribution in [0.2, 0.25) is 0 Å². The Hall–Kier alpha value is -1.87. The molecule has 0 bridgehead atoms. The van der Waals surface area contributed by atoms with E-state index in [1.54, 1.807) is 17.4 Å². The number of carbonyl (C=O) groups is 1. The molecule has 1 aromatic carbocycles. The Morgan fingerprint density at radius 2 is 1.95 bits per heavy atom. The number of hydrogen-bond acceptors (Lipinski definition) is 2. The van der Waals surface area contributed by atoms with Crippen LogP contribution in [-0.4, -0.2) is 5.91 Å². The number of amides is 1. The number of rotatable bonds is 4. The molecule has 2 nitrogen and oxygen atoms in total. The Balaban J connectivity index is 1.93. The van der Waals surface area contributed by atoms with Crippen molar-refractivity contribution >= 4 is 23.3 Å². The Labute approximate surface area is 117 Å². The number of carbonyl (C=O) groups excluding carboxylic acids is 1. The molecule has 19 heavy (non-hydrogen) atoms. The van der Waals surface area contributed by atoms with Gasteiger partial charge < -0.3 is 5.32 Å². The third-order valence-electron chi connectivity index (χ3n) is 2.82. The predicted molar refractivity (Wildman–Crippen MR) is 81.1 cm³/mol. The van der Waals surface area contributed by atoms with Crippen LogP contribution in [0.15, 0.2) is 48.5 Å². The molecule has 1 unspecified atom stereocenters. The second-order valence-electron chi connectivity index (χ2n) is 4.42. The van der Waals surface area contributed by atoms with Crippen molar-refractivity contribution in [3.8, 4) is 0 Å². The summed E-state index contributed by atoms with van der Waals surface area (Å²) < 4.78 is 0. The normalized spacial score (nSPS) is 12.5. The third-order valence-corrected chi connectivity index (χ3v) is 3.78. The second kappa shape index (κ2) is 6.34. The molecule has 0 saturated heterocycles. The molecule has 2 aromatic rings. The van der Waals surface area contributed by atoms with Crippen LogP contribution in [0.3, 0.4) is 0 Å². The van der Waals surface area contributed by atoms with Crippen molar-refractivity contribution in [1.82, 2.24) is 5.32 Å². The molecule has 1 atom stereocenters. The van der Waals surface area contributed by atoms with E-state index in [0.717, 1.165) is 10.4 Å². The van der Waals surface area contributed by atoms with Gasteiger partial charge in [0, 0.05) is 15.8 Å². The van der Waals surface area contributed by atoms with Gasteiger partial charge in [-0.15, -0.1) is 11.3 Å². The lowest BCUT2D eigenvalue weighted by Gasteiger charge is -2.12. The monoisotopic (exact) mass is 271 g/mol. The van der Waals surface area contributed by atoms with Crippen LogP contribution in [0.25, 0.3) is 6.08 Å². The number of nitrogens with one attached hydrogen (secondary N) is 1. The van der Waals surface area contributed by atoms with Crippen molar-refractivity contribution < 1.29 is 4.79 Å². The SMILES string of the molecule is Cc1ccc(/C=C/C(=O)NC(C)c2ccccc2)s1. The zero-order chi connectivity index (χ0) is 13.7. The lowest BCUT2D eigenvalue weighted by molar-refractivity contribution is -0.117. The van der Waals surface area contributed by atoms with E-state index in [1.165, 1.54) is 4.88 Å². The minimum atomic E-state index is -0.0672. The van der Waals surface area contributed by atoms with Gasteiger partial charge in [0.15, 0.2) is 0 Å². The van der Waals surface area contributed by atoms with E-state index in [0.29, 0.717) is 0 Å². The zero-order valence-corrected chi connectivity index (χ0v) is 11.9. The fourth-order valence-electron chi connectivity index (χ4n) is 1.79. The summed E-state index contributed by atoms with van der Waals surface area (Å²) in [7, 11) is 0. The Morgan fingerprint density at radius 3 is 2.58 bits per heavy atom. The van der Waals surface area contributed by atoms with Gasteiger partial charge in [0.2, 0.25) is 5.91 Å². The first-order valence-corrected chi connectivity index (χ1v) is 7.07. The van der Waals surface area contributed by atoms with Gasteiger partial charge in [-0.25, -0.2) is 0 Å². The molecule has 0 spiro atoms. The van der Waals surface area contributed by atoms with E-state index in [2.05, 4.69) is 18.3 Å². The van der Waals surface area contributed by atoms with Crippen molar-refractivity contribution in [1.29, 1.82) is 0 Å². The lowest BCUT2D eigenvalue weighted by atomic mass is 10.1. The Bertz CT molecular complexity index is 571. The largest absolute Gasteiger partial charge is 0.346 e. The van der Waals surface area contributed by atoms with E-state index in [-0.39, 0.29) is 11.9 Å². The predicted octanol–water partition coefficient (Wildman–Crippen LogP) is 3.95. The molecule has 0 saturated carbocycles. The summed E-state index contributed by atoms with van der Waals surface area (Å²) in [5, 5.41) is 2.95. The molecule has 2 rings (SSSR count). The van der Waals surface area contributed by atoms with Gasteiger partial charge in [0.05, 0.1) is 6.04 Å². The standard InChI is InChI=1S/C16H17NOS/c1-12-8-9-15(19-12)10-11-16(18)17-13(2)14-6-4-3-5-7-14/h3-11,13H,1-2H3,(H,17,18)/b11-10+. The minimum absolute atomic E-state index is 0.0171. The average molecular weight is 271 g/mol. The van der Waals surface area contributed by atoms with Gasteiger partial charge in [0.25, 0.3) is 0 Å². The first-order valence-electron chi connectivity index (χ1n) is 6.25. The topological polar surface area (TPSA) is 29.1 Å². The molecule has 1 heterocycles. The maximum absolute atomic E-state index is 11.8. The summed E-state index contributed by atoms with van der Waals surface area (Å²) in [5.74, 6) is -0.0672. The summed E-state index contributed by atoms with van der Waals surface area (Å²) in [4.78, 5) is 14.2. The van der Waals surface area contributed by atoms with Crippen molar-refractivity contribution in [3.05, 3.63) is 63.9 Å². The van der Waals surface area contributed by atoms with Gasteiger partial charge in [-0.05, 0) is 37.6 Å². The molecule has 98 valence electrons. The first kappa shape index (κ1) is 13.6. The fraction of sp³-hybridized carbons (Fsp3) is 0.188. The highest BCUT2D eigenvalue weighted by Gasteiger charge is 2.06. The minimum Gasteiger partial charge on any atom is -0.346 e. The molecule has 1 N–H and O–H groups in total. The molecule has 3 heteroatoms. The van der Waals surface area contributed by atoms with Crippen LogP contribution >= 0.6 is 11.3 Å². The van der Waals surface area contributed by atoms with Crippen LogP contribution in [0, 0.1) is 6.92 Å². The molecule has 1 aromatic heterocycles. The number of hydrogen-bond donors (Lipinski definition) is 1. The molecular weight excluding hydrogens is 254 g/mol. The lowest BCUT2D eigenvalue weighted by Crippen LogP contribution is -2.24. The van der Waals surface area contributed by atoms with Gasteiger partial charge in [0.1, 0.15) is 0 Å². The van der Waals surface area contributed by atoms with Crippen molar-refractivity contribution in [3.63, 3.8) is 0 Å². The number of benzene rings is 1. The highest BCUT2D eigenvalue weighted by molar-refractivity contribution is 7.12. The third kappa shape index (κ3) is 4.07. The highest BCUT2D eigenvalue weighted by Crippen LogP contribution is 2.16. The van der Waals surface area contributed by atoms with Crippen LogP contribution in [-0.2, 0) is 4.79 Å². The average Bonchev–Trinajstić information content (AvgIpc) is 2.83. The summed E-state index contributed by atoms with van der Waals surface area (Å²) in [6.07, 6.45) is 3.44. The van der Waals surface area contributed by atoms with Crippen molar-refractivity contribution in [2.45, 2.75) is 19.9 Å². The Morgan fingerprint density at radius 1 is 1.21 bits per heavy atom. The molecule has 0 aliphatic heterocycles. The highest BCUT2D eigenvalue weighted by atomic mass is 32.1. The summed E-state index contributed by atoms with van der Waals surface area (Å²) in [6.45, 7) is 4.04. The van der Waals surface area contributed by atoms with Crippen molar-refractivity contribution in [2.75, 3.05) is 0 Å². The second-order valence-corrected chi connectivity index (χ2v) is 5.74. The summed E-state index contributed by atoms with van der Waals surface area (Å²) in [5.41, 5.74) is 1.11. The number of aryl methyl sites for hydroxylation is 1. The fourth-order valence-corrected chi connectivity index (χ4v) is 2.57. The van der Waals surface area contributed by atoms with E-state index in [4.69, 9.17) is 0 Å². The zero-order valence-electron chi connectivity index (χ0n) is 11.1. The first-order chi connectivity index (χ1) is 9.15. The Kier molecular flexibility index (Phi) is 4.53. The molecule has 0 aliphatic rings. The van der Waals surface area contributed by atoms with Gasteiger partial charge in [-0.2, -0.15) is 0 Å². The molecule has 0 radical (unpaired) electrons. The van der Waals surface area contributed by atoms with E-state index >= 15 is 0 Å². The van der Waals surface area contributed by atoms with Gasteiger partial charge >= 0.3 is 0 Å². The van der Waals surface area contributed by atoms with Crippen LogP contribution in [0.4, 0.5) is 0 Å². The number of thiophene rings is 1. The summed E-state index contributed by atoms with van der Waals surface area (Å²) >= 11 is 1.68. The molecule has 0 aliphatic carbocycles. The van der Waals surface area contributed by atoms with Crippen LogP contribution in [0.5, 0.6) is 0 Å². The maximum atomic E-state index is 11.8. The van der Waals surface area contributed by atoms with Crippen LogP contribution in [0.1, 0.15) is 28.3 Å². The van der Waals surface area contributed by atoms with Gasteiger partial charge in [-0.3, -0.25) is 4.79 Å². The van der Waals surface area contributed by atoms with E-state index in [9.17, 15) is 4.79 Å². The van der Waals surface area contributed by atoms with E-state index in [1.807, 2.05) is 49.4 Å². The molecular formula is C16H17NOS.